The van der Waals surface area contributed by atoms with Gasteiger partial charge >= 0.3 is 0 Å². The minimum absolute atomic E-state index is 0.0778. The third kappa shape index (κ3) is 2.69. The van der Waals surface area contributed by atoms with Crippen LogP contribution in [0.1, 0.15) is 47.4 Å². The normalized spacial score (nSPS) is 15.0. The lowest BCUT2D eigenvalue weighted by Gasteiger charge is -2.23. The summed E-state index contributed by atoms with van der Waals surface area (Å²) in [5, 5.41) is 9.42. The van der Waals surface area contributed by atoms with Gasteiger partial charge in [0.2, 0.25) is 0 Å². The van der Waals surface area contributed by atoms with E-state index in [-0.39, 0.29) is 41.3 Å². The summed E-state index contributed by atoms with van der Waals surface area (Å²) >= 11 is 0. The van der Waals surface area contributed by atoms with E-state index in [0.29, 0.717) is 0 Å². The first-order valence-corrected chi connectivity index (χ1v) is 6.53. The molecule has 0 radical (unpaired) electrons. The van der Waals surface area contributed by atoms with Gasteiger partial charge in [-0.05, 0) is 38.5 Å². The molecule has 1 aromatic rings. The zero-order valence-electron chi connectivity index (χ0n) is 11.8. The number of phenols is 1. The maximum atomic E-state index is 12.3. The predicted octanol–water partition coefficient (Wildman–Crippen LogP) is 1.31. The van der Waals surface area contributed by atoms with Gasteiger partial charge in [-0.3, -0.25) is 19.3 Å². The molecule has 0 spiro atoms. The number of benzene rings is 1. The number of phenolic OH excluding ortho intramolecular Hbond substituents is 1. The first-order chi connectivity index (χ1) is 9.82. The van der Waals surface area contributed by atoms with Crippen molar-refractivity contribution in [2.45, 2.75) is 32.7 Å². The van der Waals surface area contributed by atoms with Crippen LogP contribution in [0.15, 0.2) is 18.2 Å². The van der Waals surface area contributed by atoms with E-state index in [1.54, 1.807) is 0 Å². The molecule has 0 saturated carbocycles. The fraction of sp³-hybridized carbons (Fsp3) is 0.333. The summed E-state index contributed by atoms with van der Waals surface area (Å²) in [6.07, 6.45) is 0.227. The molecule has 110 valence electrons. The highest BCUT2D eigenvalue weighted by Crippen LogP contribution is 2.29. The lowest BCUT2D eigenvalue weighted by atomic mass is 10.0. The van der Waals surface area contributed by atoms with E-state index < -0.39 is 17.9 Å². The number of carbonyl (C=O) groups excluding carboxylic acids is 4. The van der Waals surface area contributed by atoms with Gasteiger partial charge in [0, 0.05) is 6.42 Å². The molecule has 2 amide bonds. The van der Waals surface area contributed by atoms with Crippen molar-refractivity contribution in [1.29, 1.82) is 0 Å². The fourth-order valence-corrected chi connectivity index (χ4v) is 2.38. The van der Waals surface area contributed by atoms with E-state index in [0.717, 1.165) is 4.90 Å². The Labute approximate surface area is 121 Å². The number of aromatic hydroxyl groups is 1. The summed E-state index contributed by atoms with van der Waals surface area (Å²) in [6.45, 7) is 2.67. The third-order valence-corrected chi connectivity index (χ3v) is 3.45. The molecule has 0 aliphatic carbocycles. The average Bonchev–Trinajstić information content (AvgIpc) is 2.63. The van der Waals surface area contributed by atoms with E-state index >= 15 is 0 Å². The first-order valence-electron chi connectivity index (χ1n) is 6.53. The zero-order valence-corrected chi connectivity index (χ0v) is 11.8. The lowest BCUT2D eigenvalue weighted by Crippen LogP contribution is -2.44. The molecule has 1 atom stereocenters. The number of ketones is 2. The molecule has 1 aliphatic rings. The van der Waals surface area contributed by atoms with Crippen LogP contribution in [0.25, 0.3) is 0 Å². The molecule has 0 saturated heterocycles. The number of carbonyl (C=O) groups is 4. The van der Waals surface area contributed by atoms with Crippen LogP contribution in [-0.4, -0.2) is 39.4 Å². The number of fused-ring (bicyclic) bond motifs is 1. The summed E-state index contributed by atoms with van der Waals surface area (Å²) in [7, 11) is 0. The molecule has 0 fully saturated rings. The topological polar surface area (TPSA) is 91.8 Å². The van der Waals surface area contributed by atoms with Gasteiger partial charge in [0.25, 0.3) is 11.8 Å². The quantitative estimate of drug-likeness (QED) is 0.825. The van der Waals surface area contributed by atoms with E-state index in [4.69, 9.17) is 0 Å². The van der Waals surface area contributed by atoms with Crippen LogP contribution < -0.4 is 0 Å². The van der Waals surface area contributed by atoms with Crippen LogP contribution in [0, 0.1) is 0 Å². The molecule has 1 unspecified atom stereocenters. The van der Waals surface area contributed by atoms with Gasteiger partial charge in [-0.2, -0.15) is 0 Å². The Morgan fingerprint density at radius 3 is 2.33 bits per heavy atom. The van der Waals surface area contributed by atoms with Crippen LogP contribution >= 0.6 is 0 Å². The standard InChI is InChI=1S/C15H15NO5/c1-8(17)3-6-13(9(2)18)16-14(20)11-5-4-10(19)7-12(11)15(16)21/h4-5,7,13,19H,3,6H2,1-2H3. The van der Waals surface area contributed by atoms with Gasteiger partial charge < -0.3 is 9.90 Å². The number of hydrogen-bond donors (Lipinski definition) is 1. The van der Waals surface area contributed by atoms with Crippen molar-refractivity contribution in [2.24, 2.45) is 0 Å². The Kier molecular flexibility index (Phi) is 3.88. The summed E-state index contributed by atoms with van der Waals surface area (Å²) in [5.41, 5.74) is 0.237. The van der Waals surface area contributed by atoms with Crippen LogP contribution in [0.2, 0.25) is 0 Å². The summed E-state index contributed by atoms with van der Waals surface area (Å²) in [6, 6.07) is 2.92. The van der Waals surface area contributed by atoms with E-state index in [9.17, 15) is 24.3 Å². The highest BCUT2D eigenvalue weighted by Gasteiger charge is 2.41. The molecular weight excluding hydrogens is 274 g/mol. The summed E-state index contributed by atoms with van der Waals surface area (Å²) in [5.74, 6) is -1.78. The van der Waals surface area contributed by atoms with Crippen LogP contribution in [0.5, 0.6) is 5.75 Å². The van der Waals surface area contributed by atoms with Crippen molar-refractivity contribution in [3.8, 4) is 5.75 Å². The van der Waals surface area contributed by atoms with E-state index in [1.807, 2.05) is 0 Å². The highest BCUT2D eigenvalue weighted by molar-refractivity contribution is 6.23. The Morgan fingerprint density at radius 2 is 1.76 bits per heavy atom. The van der Waals surface area contributed by atoms with E-state index in [2.05, 4.69) is 0 Å². The molecule has 6 nitrogen and oxygen atoms in total. The smallest absolute Gasteiger partial charge is 0.262 e. The maximum absolute atomic E-state index is 12.3. The number of imide groups is 1. The molecule has 1 aliphatic heterocycles. The molecule has 1 aromatic carbocycles. The average molecular weight is 289 g/mol. The first kappa shape index (κ1) is 14.9. The van der Waals surface area contributed by atoms with Crippen molar-refractivity contribution in [2.75, 3.05) is 0 Å². The van der Waals surface area contributed by atoms with Crippen molar-refractivity contribution in [3.05, 3.63) is 29.3 Å². The predicted molar refractivity (Wildman–Crippen MR) is 73.0 cm³/mol. The van der Waals surface area contributed by atoms with Crippen LogP contribution in [-0.2, 0) is 9.59 Å². The number of nitrogens with zero attached hydrogens (tertiary/aromatic N) is 1. The molecule has 21 heavy (non-hydrogen) atoms. The van der Waals surface area contributed by atoms with Gasteiger partial charge in [-0.1, -0.05) is 0 Å². The fourth-order valence-electron chi connectivity index (χ4n) is 2.38. The molecular formula is C15H15NO5. The van der Waals surface area contributed by atoms with Crippen molar-refractivity contribution < 1.29 is 24.3 Å². The molecule has 1 N–H and O–H groups in total. The van der Waals surface area contributed by atoms with Crippen LogP contribution in [0.4, 0.5) is 0 Å². The number of hydrogen-bond acceptors (Lipinski definition) is 5. The van der Waals surface area contributed by atoms with Crippen molar-refractivity contribution in [1.82, 2.24) is 4.90 Å². The SMILES string of the molecule is CC(=O)CCC(C(C)=O)N1C(=O)c2ccc(O)cc2C1=O. The second-order valence-corrected chi connectivity index (χ2v) is 5.08. The monoisotopic (exact) mass is 289 g/mol. The zero-order chi connectivity index (χ0) is 15.7. The largest absolute Gasteiger partial charge is 0.508 e. The number of Topliss-reactive ketones (excluding diaryl/α,β-unsaturated/α-hetero) is 2. The Morgan fingerprint density at radius 1 is 1.14 bits per heavy atom. The summed E-state index contributed by atoms with van der Waals surface area (Å²) in [4.78, 5) is 48.3. The molecule has 6 heteroatoms. The van der Waals surface area contributed by atoms with Gasteiger partial charge in [-0.15, -0.1) is 0 Å². The van der Waals surface area contributed by atoms with Gasteiger partial charge in [-0.25, -0.2) is 0 Å². The number of amides is 2. The second-order valence-electron chi connectivity index (χ2n) is 5.08. The molecule has 0 aromatic heterocycles. The van der Waals surface area contributed by atoms with Crippen molar-refractivity contribution in [3.63, 3.8) is 0 Å². The Hall–Kier alpha value is -2.50. The van der Waals surface area contributed by atoms with Gasteiger partial charge in [0.1, 0.15) is 11.5 Å². The molecule has 2 rings (SSSR count). The third-order valence-electron chi connectivity index (χ3n) is 3.45. The highest BCUT2D eigenvalue weighted by atomic mass is 16.3. The second kappa shape index (κ2) is 5.47. The van der Waals surface area contributed by atoms with Crippen molar-refractivity contribution >= 4 is 23.4 Å². The van der Waals surface area contributed by atoms with Crippen LogP contribution in [0.3, 0.4) is 0 Å². The Balaban J connectivity index is 2.36. The lowest BCUT2D eigenvalue weighted by molar-refractivity contribution is -0.121. The molecule has 1 heterocycles. The van der Waals surface area contributed by atoms with Gasteiger partial charge in [0.05, 0.1) is 17.2 Å². The summed E-state index contributed by atoms with van der Waals surface area (Å²) < 4.78 is 0. The maximum Gasteiger partial charge on any atom is 0.262 e. The number of rotatable bonds is 5. The minimum Gasteiger partial charge on any atom is -0.508 e. The van der Waals surface area contributed by atoms with E-state index in [1.165, 1.54) is 32.0 Å². The Bertz CT molecular complexity index is 649. The molecule has 0 bridgehead atoms. The minimum atomic E-state index is -0.955. The van der Waals surface area contributed by atoms with Gasteiger partial charge in [0.15, 0.2) is 5.78 Å².